The van der Waals surface area contributed by atoms with E-state index < -0.39 is 12.1 Å². The van der Waals surface area contributed by atoms with Crippen LogP contribution in [-0.2, 0) is 16.0 Å². The van der Waals surface area contributed by atoms with Crippen LogP contribution in [0.2, 0.25) is 0 Å². The number of hydrogen-bond donors (Lipinski definition) is 1. The number of aryl methyl sites for hydroxylation is 1. The zero-order chi connectivity index (χ0) is 13.0. The number of hydrogen-bond acceptors (Lipinski definition) is 5. The molecule has 0 amide bonds. The summed E-state index contributed by atoms with van der Waals surface area (Å²) in [5, 5.41) is 8.92. The molecule has 2 heterocycles. The number of aliphatic carboxylic acids is 1. The molecular weight excluding hydrogens is 234 g/mol. The fraction of sp³-hybridized carbons (Fsp3) is 0.583. The summed E-state index contributed by atoms with van der Waals surface area (Å²) >= 11 is 0. The third kappa shape index (κ3) is 2.95. The van der Waals surface area contributed by atoms with Gasteiger partial charge >= 0.3 is 5.97 Å². The van der Waals surface area contributed by atoms with Crippen LogP contribution in [-0.4, -0.2) is 46.8 Å². The average molecular weight is 251 g/mol. The Bertz CT molecular complexity index is 408. The van der Waals surface area contributed by atoms with E-state index in [-0.39, 0.29) is 0 Å². The second-order valence-electron chi connectivity index (χ2n) is 4.28. The standard InChI is InChI=1S/C12H17N3O3/c1-2-3-9-6-13-12(14-7-9)15-4-5-18-10(8-15)11(16)17/h6-7,10H,2-5,8H2,1H3,(H,16,17). The molecule has 0 aliphatic carbocycles. The first-order valence-electron chi connectivity index (χ1n) is 6.11. The van der Waals surface area contributed by atoms with Crippen molar-refractivity contribution in [2.75, 3.05) is 24.6 Å². The third-order valence-electron chi connectivity index (χ3n) is 2.86. The second-order valence-corrected chi connectivity index (χ2v) is 4.28. The predicted molar refractivity (Wildman–Crippen MR) is 65.6 cm³/mol. The minimum Gasteiger partial charge on any atom is -0.479 e. The average Bonchev–Trinajstić information content (AvgIpc) is 2.40. The first kappa shape index (κ1) is 12.8. The highest BCUT2D eigenvalue weighted by Gasteiger charge is 2.27. The SMILES string of the molecule is CCCc1cnc(N2CCOC(C(=O)O)C2)nc1. The molecule has 1 saturated heterocycles. The number of anilines is 1. The molecule has 1 aromatic heterocycles. The van der Waals surface area contributed by atoms with Gasteiger partial charge in [0.1, 0.15) is 0 Å². The van der Waals surface area contributed by atoms with Gasteiger partial charge in [0.25, 0.3) is 0 Å². The molecule has 1 atom stereocenters. The summed E-state index contributed by atoms with van der Waals surface area (Å²) in [5.41, 5.74) is 1.10. The van der Waals surface area contributed by atoms with Crippen molar-refractivity contribution >= 4 is 11.9 Å². The van der Waals surface area contributed by atoms with Crippen LogP contribution in [0, 0.1) is 0 Å². The lowest BCUT2D eigenvalue weighted by molar-refractivity contribution is -0.150. The monoisotopic (exact) mass is 251 g/mol. The summed E-state index contributed by atoms with van der Waals surface area (Å²) in [5.74, 6) is -0.369. The lowest BCUT2D eigenvalue weighted by Gasteiger charge is -2.30. The van der Waals surface area contributed by atoms with Gasteiger partial charge in [0.15, 0.2) is 6.10 Å². The molecule has 18 heavy (non-hydrogen) atoms. The molecule has 1 aliphatic heterocycles. The summed E-state index contributed by atoms with van der Waals surface area (Å²) in [6.45, 7) is 3.41. The van der Waals surface area contributed by atoms with E-state index in [1.165, 1.54) is 0 Å². The van der Waals surface area contributed by atoms with Gasteiger partial charge < -0.3 is 14.7 Å². The molecule has 6 nitrogen and oxygen atoms in total. The van der Waals surface area contributed by atoms with Crippen LogP contribution >= 0.6 is 0 Å². The van der Waals surface area contributed by atoms with Crippen molar-refractivity contribution in [3.63, 3.8) is 0 Å². The van der Waals surface area contributed by atoms with Crippen LogP contribution in [0.4, 0.5) is 5.95 Å². The lowest BCUT2D eigenvalue weighted by Crippen LogP contribution is -2.46. The highest BCUT2D eigenvalue weighted by molar-refractivity contribution is 5.73. The van der Waals surface area contributed by atoms with Gasteiger partial charge in [-0.2, -0.15) is 0 Å². The van der Waals surface area contributed by atoms with Gasteiger partial charge in [-0.3, -0.25) is 0 Å². The smallest absolute Gasteiger partial charge is 0.334 e. The van der Waals surface area contributed by atoms with Gasteiger partial charge in [-0.05, 0) is 12.0 Å². The van der Waals surface area contributed by atoms with Gasteiger partial charge in [-0.25, -0.2) is 14.8 Å². The van der Waals surface area contributed by atoms with Gasteiger partial charge in [0.2, 0.25) is 5.95 Å². The van der Waals surface area contributed by atoms with E-state index in [1.54, 1.807) is 12.4 Å². The van der Waals surface area contributed by atoms with E-state index in [1.807, 2.05) is 4.90 Å². The summed E-state index contributed by atoms with van der Waals surface area (Å²) < 4.78 is 5.16. The molecule has 0 saturated carbocycles. The van der Waals surface area contributed by atoms with E-state index in [2.05, 4.69) is 16.9 Å². The molecule has 1 fully saturated rings. The molecule has 1 aliphatic rings. The quantitative estimate of drug-likeness (QED) is 0.849. The van der Waals surface area contributed by atoms with Crippen molar-refractivity contribution in [3.05, 3.63) is 18.0 Å². The Balaban J connectivity index is 2.04. The van der Waals surface area contributed by atoms with E-state index >= 15 is 0 Å². The van der Waals surface area contributed by atoms with E-state index in [9.17, 15) is 4.79 Å². The fourth-order valence-corrected chi connectivity index (χ4v) is 1.91. The molecule has 0 radical (unpaired) electrons. The molecule has 98 valence electrons. The molecule has 1 unspecified atom stereocenters. The van der Waals surface area contributed by atoms with Gasteiger partial charge in [-0.1, -0.05) is 13.3 Å². The van der Waals surface area contributed by atoms with Crippen molar-refractivity contribution in [2.24, 2.45) is 0 Å². The molecule has 1 N–H and O–H groups in total. The number of ether oxygens (including phenoxy) is 1. The fourth-order valence-electron chi connectivity index (χ4n) is 1.91. The third-order valence-corrected chi connectivity index (χ3v) is 2.86. The van der Waals surface area contributed by atoms with Crippen molar-refractivity contribution in [1.82, 2.24) is 9.97 Å². The summed E-state index contributed by atoms with van der Waals surface area (Å²) in [4.78, 5) is 21.3. The Kier molecular flexibility index (Phi) is 4.09. The Labute approximate surface area is 106 Å². The summed E-state index contributed by atoms with van der Waals surface area (Å²) in [6, 6.07) is 0. The summed E-state index contributed by atoms with van der Waals surface area (Å²) in [6.07, 6.45) is 4.83. The predicted octanol–water partition coefficient (Wildman–Crippen LogP) is 0.719. The molecule has 0 spiro atoms. The van der Waals surface area contributed by atoms with E-state index in [0.29, 0.717) is 25.6 Å². The summed E-state index contributed by atoms with van der Waals surface area (Å²) in [7, 11) is 0. The van der Waals surface area contributed by atoms with Crippen LogP contribution in [0.3, 0.4) is 0 Å². The number of carboxylic acid groups (broad SMARTS) is 1. The van der Waals surface area contributed by atoms with E-state index in [0.717, 1.165) is 18.4 Å². The largest absolute Gasteiger partial charge is 0.479 e. The van der Waals surface area contributed by atoms with Crippen LogP contribution in [0.5, 0.6) is 0 Å². The van der Waals surface area contributed by atoms with Crippen LogP contribution in [0.15, 0.2) is 12.4 Å². The number of morpholine rings is 1. The van der Waals surface area contributed by atoms with E-state index in [4.69, 9.17) is 9.84 Å². The van der Waals surface area contributed by atoms with Crippen molar-refractivity contribution in [1.29, 1.82) is 0 Å². The Morgan fingerprint density at radius 3 is 2.89 bits per heavy atom. The van der Waals surface area contributed by atoms with Crippen molar-refractivity contribution in [3.8, 4) is 0 Å². The first-order chi connectivity index (χ1) is 8.70. The number of nitrogens with zero attached hydrogens (tertiary/aromatic N) is 3. The molecule has 0 bridgehead atoms. The topological polar surface area (TPSA) is 75.6 Å². The minimum absolute atomic E-state index is 0.294. The second kappa shape index (κ2) is 5.77. The number of rotatable bonds is 4. The van der Waals surface area contributed by atoms with Crippen LogP contribution < -0.4 is 4.90 Å². The maximum Gasteiger partial charge on any atom is 0.334 e. The molecule has 1 aromatic rings. The zero-order valence-corrected chi connectivity index (χ0v) is 10.4. The maximum absolute atomic E-state index is 10.9. The first-order valence-corrected chi connectivity index (χ1v) is 6.11. The molecule has 2 rings (SSSR count). The highest BCUT2D eigenvalue weighted by Crippen LogP contribution is 2.13. The number of aromatic nitrogens is 2. The maximum atomic E-state index is 10.9. The number of carboxylic acids is 1. The van der Waals surface area contributed by atoms with Crippen LogP contribution in [0.25, 0.3) is 0 Å². The Hall–Kier alpha value is -1.69. The Morgan fingerprint density at radius 1 is 1.56 bits per heavy atom. The molecule has 6 heteroatoms. The van der Waals surface area contributed by atoms with Crippen molar-refractivity contribution < 1.29 is 14.6 Å². The van der Waals surface area contributed by atoms with Gasteiger partial charge in [0, 0.05) is 18.9 Å². The minimum atomic E-state index is -0.942. The highest BCUT2D eigenvalue weighted by atomic mass is 16.5. The van der Waals surface area contributed by atoms with Crippen molar-refractivity contribution in [2.45, 2.75) is 25.9 Å². The van der Waals surface area contributed by atoms with Crippen LogP contribution in [0.1, 0.15) is 18.9 Å². The zero-order valence-electron chi connectivity index (χ0n) is 10.4. The molecular formula is C12H17N3O3. The van der Waals surface area contributed by atoms with Gasteiger partial charge in [0.05, 0.1) is 13.2 Å². The number of carbonyl (C=O) groups is 1. The lowest BCUT2D eigenvalue weighted by atomic mass is 10.2. The normalized spacial score (nSPS) is 19.8. The van der Waals surface area contributed by atoms with Gasteiger partial charge in [-0.15, -0.1) is 0 Å². The molecule has 0 aromatic carbocycles. The Morgan fingerprint density at radius 2 is 2.28 bits per heavy atom.